The van der Waals surface area contributed by atoms with Crippen LogP contribution >= 0.6 is 0 Å². The van der Waals surface area contributed by atoms with E-state index in [-0.39, 0.29) is 11.2 Å². The first-order chi connectivity index (χ1) is 27.0. The van der Waals surface area contributed by atoms with E-state index in [1.54, 1.807) is 12.1 Å². The van der Waals surface area contributed by atoms with Gasteiger partial charge in [0.05, 0.1) is 5.69 Å². The highest BCUT2D eigenvalue weighted by atomic mass is 19.1. The minimum atomic E-state index is -0.237. The lowest BCUT2D eigenvalue weighted by atomic mass is 9.78. The molecular weight excluding hydrogens is 670 g/mol. The van der Waals surface area contributed by atoms with Crippen LogP contribution in [0.25, 0.3) is 66.1 Å². The summed E-state index contributed by atoms with van der Waals surface area (Å²) in [5.41, 5.74) is 15.0. The SMILES string of the molecule is CC1(C)c2ccccc2-c2cccc(-c3ccccc3N(c3ccc(-c4cccc5cccc(-c6cccc(F)c6)c45)cc3)c3ccc4ccccc4c3)c21. The lowest BCUT2D eigenvalue weighted by Crippen LogP contribution is -2.17. The number of hydrogen-bond acceptors (Lipinski definition) is 1. The Bertz CT molecular complexity index is 2910. The van der Waals surface area contributed by atoms with Gasteiger partial charge in [0.25, 0.3) is 0 Å². The standard InChI is InChI=1S/C53H38FN/c1-53(2)49-25-7-5-19-45(49)47-23-12-24-48(52(47)53)46-20-6-8-26-50(46)55(42-32-27-35-13-3-4-14-38(35)34-42)41-30-28-36(29-31-41)43-21-10-15-37-16-11-22-44(51(37)43)39-17-9-18-40(54)33-39/h3-34H,1-2H3. The van der Waals surface area contributed by atoms with Crippen LogP contribution in [0.1, 0.15) is 25.0 Å². The number of hydrogen-bond donors (Lipinski definition) is 0. The molecule has 0 atom stereocenters. The van der Waals surface area contributed by atoms with Crippen molar-refractivity contribution in [2.45, 2.75) is 19.3 Å². The van der Waals surface area contributed by atoms with Gasteiger partial charge in [0, 0.05) is 22.4 Å². The number of benzene rings is 9. The summed E-state index contributed by atoms with van der Waals surface area (Å²) in [6.07, 6.45) is 0. The minimum absolute atomic E-state index is 0.159. The van der Waals surface area contributed by atoms with Gasteiger partial charge in [-0.15, -0.1) is 0 Å². The maximum atomic E-state index is 14.5. The maximum Gasteiger partial charge on any atom is 0.123 e. The Balaban J connectivity index is 1.15. The normalized spacial score (nSPS) is 12.8. The van der Waals surface area contributed by atoms with Gasteiger partial charge in [-0.3, -0.25) is 0 Å². The number of halogens is 1. The Morgan fingerprint density at radius 2 is 0.964 bits per heavy atom. The molecule has 0 heterocycles. The van der Waals surface area contributed by atoms with Crippen LogP contribution in [0.15, 0.2) is 194 Å². The molecule has 0 fully saturated rings. The van der Waals surface area contributed by atoms with Crippen molar-refractivity contribution in [2.24, 2.45) is 0 Å². The molecule has 9 aromatic carbocycles. The molecule has 1 nitrogen and oxygen atoms in total. The molecule has 1 aliphatic carbocycles. The summed E-state index contributed by atoms with van der Waals surface area (Å²) in [6, 6.07) is 68.3. The predicted octanol–water partition coefficient (Wildman–Crippen LogP) is 14.9. The molecule has 10 rings (SSSR count). The Morgan fingerprint density at radius 1 is 0.400 bits per heavy atom. The number of anilines is 3. The zero-order valence-electron chi connectivity index (χ0n) is 30.8. The molecule has 0 unspecified atom stereocenters. The van der Waals surface area contributed by atoms with Crippen LogP contribution in [0.3, 0.4) is 0 Å². The van der Waals surface area contributed by atoms with E-state index in [1.807, 2.05) is 6.07 Å². The van der Waals surface area contributed by atoms with Crippen molar-refractivity contribution in [2.75, 3.05) is 4.90 Å². The highest BCUT2D eigenvalue weighted by Gasteiger charge is 2.37. The zero-order valence-corrected chi connectivity index (χ0v) is 30.8. The number of para-hydroxylation sites is 1. The highest BCUT2D eigenvalue weighted by Crippen LogP contribution is 2.54. The van der Waals surface area contributed by atoms with Crippen LogP contribution in [0, 0.1) is 5.82 Å². The number of rotatable bonds is 6. The number of fused-ring (bicyclic) bond motifs is 5. The van der Waals surface area contributed by atoms with Crippen molar-refractivity contribution in [3.05, 3.63) is 211 Å². The zero-order chi connectivity index (χ0) is 37.1. The molecule has 0 aromatic heterocycles. The van der Waals surface area contributed by atoms with Crippen molar-refractivity contribution in [3.8, 4) is 44.5 Å². The Hall–Kier alpha value is -6.77. The van der Waals surface area contributed by atoms with Gasteiger partial charge >= 0.3 is 0 Å². The summed E-state index contributed by atoms with van der Waals surface area (Å²) in [5.74, 6) is -0.237. The van der Waals surface area contributed by atoms with E-state index in [2.05, 4.69) is 189 Å². The Kier molecular flexibility index (Phi) is 7.74. The lowest BCUT2D eigenvalue weighted by molar-refractivity contribution is 0.628. The molecule has 2 heteroatoms. The third kappa shape index (κ3) is 5.44. The van der Waals surface area contributed by atoms with Gasteiger partial charge in [-0.1, -0.05) is 166 Å². The van der Waals surface area contributed by atoms with Crippen molar-refractivity contribution in [3.63, 3.8) is 0 Å². The topological polar surface area (TPSA) is 3.24 Å². The molecule has 0 amide bonds. The Labute approximate surface area is 321 Å². The van der Waals surface area contributed by atoms with Crippen molar-refractivity contribution in [1.82, 2.24) is 0 Å². The van der Waals surface area contributed by atoms with Gasteiger partial charge < -0.3 is 4.90 Å². The van der Waals surface area contributed by atoms with Crippen LogP contribution in [0.4, 0.5) is 21.5 Å². The van der Waals surface area contributed by atoms with Crippen molar-refractivity contribution in [1.29, 1.82) is 0 Å². The smallest absolute Gasteiger partial charge is 0.123 e. The molecule has 0 N–H and O–H groups in total. The lowest BCUT2D eigenvalue weighted by Gasteiger charge is -2.30. The van der Waals surface area contributed by atoms with E-state index in [9.17, 15) is 4.39 Å². The van der Waals surface area contributed by atoms with E-state index in [0.29, 0.717) is 0 Å². The van der Waals surface area contributed by atoms with Crippen LogP contribution in [0.2, 0.25) is 0 Å². The molecule has 9 aromatic rings. The van der Waals surface area contributed by atoms with E-state index >= 15 is 0 Å². The van der Waals surface area contributed by atoms with Gasteiger partial charge in [-0.05, 0) is 114 Å². The quantitative estimate of drug-likeness (QED) is 0.166. The van der Waals surface area contributed by atoms with Crippen molar-refractivity contribution >= 4 is 38.6 Å². The van der Waals surface area contributed by atoms with E-state index in [0.717, 1.165) is 50.1 Å². The fourth-order valence-corrected chi connectivity index (χ4v) is 8.98. The van der Waals surface area contributed by atoms with Gasteiger partial charge in [-0.2, -0.15) is 0 Å². The highest BCUT2D eigenvalue weighted by molar-refractivity contribution is 6.06. The van der Waals surface area contributed by atoms with Crippen molar-refractivity contribution < 1.29 is 4.39 Å². The van der Waals surface area contributed by atoms with Crippen LogP contribution in [0.5, 0.6) is 0 Å². The van der Waals surface area contributed by atoms with E-state index in [4.69, 9.17) is 0 Å². The van der Waals surface area contributed by atoms with Gasteiger partial charge in [-0.25, -0.2) is 4.39 Å². The maximum absolute atomic E-state index is 14.5. The third-order valence-electron chi connectivity index (χ3n) is 11.5. The summed E-state index contributed by atoms with van der Waals surface area (Å²) >= 11 is 0. The summed E-state index contributed by atoms with van der Waals surface area (Å²) in [5, 5.41) is 4.63. The van der Waals surface area contributed by atoms with Crippen LogP contribution < -0.4 is 4.90 Å². The second-order valence-electron chi connectivity index (χ2n) is 15.0. The molecular formula is C53H38FN. The summed E-state index contributed by atoms with van der Waals surface area (Å²) in [4.78, 5) is 2.40. The largest absolute Gasteiger partial charge is 0.310 e. The van der Waals surface area contributed by atoms with Gasteiger partial charge in [0.15, 0.2) is 0 Å². The molecule has 0 bridgehead atoms. The molecule has 0 saturated carbocycles. The van der Waals surface area contributed by atoms with Crippen LogP contribution in [-0.4, -0.2) is 0 Å². The first kappa shape index (κ1) is 32.8. The average molecular weight is 708 g/mol. The minimum Gasteiger partial charge on any atom is -0.310 e. The molecule has 262 valence electrons. The fourth-order valence-electron chi connectivity index (χ4n) is 8.98. The summed E-state index contributed by atoms with van der Waals surface area (Å²) in [6.45, 7) is 4.72. The monoisotopic (exact) mass is 707 g/mol. The second-order valence-corrected chi connectivity index (χ2v) is 15.0. The summed E-state index contributed by atoms with van der Waals surface area (Å²) < 4.78 is 14.5. The fraction of sp³-hybridized carbons (Fsp3) is 0.0566. The molecule has 0 aliphatic heterocycles. The van der Waals surface area contributed by atoms with Gasteiger partial charge in [0.2, 0.25) is 0 Å². The molecule has 0 spiro atoms. The van der Waals surface area contributed by atoms with E-state index < -0.39 is 0 Å². The summed E-state index contributed by atoms with van der Waals surface area (Å²) in [7, 11) is 0. The first-order valence-electron chi connectivity index (χ1n) is 19.0. The first-order valence-corrected chi connectivity index (χ1v) is 19.0. The number of nitrogens with zero attached hydrogens (tertiary/aromatic N) is 1. The van der Waals surface area contributed by atoms with Crippen LogP contribution in [-0.2, 0) is 5.41 Å². The third-order valence-corrected chi connectivity index (χ3v) is 11.5. The Morgan fingerprint density at radius 3 is 1.75 bits per heavy atom. The second kappa shape index (κ2) is 13.0. The molecule has 1 aliphatic rings. The van der Waals surface area contributed by atoms with E-state index in [1.165, 1.54) is 50.2 Å². The molecule has 0 saturated heterocycles. The van der Waals surface area contributed by atoms with Gasteiger partial charge in [0.1, 0.15) is 5.82 Å². The predicted molar refractivity (Wildman–Crippen MR) is 230 cm³/mol. The molecule has 0 radical (unpaired) electrons. The molecule has 55 heavy (non-hydrogen) atoms. The average Bonchev–Trinajstić information content (AvgIpc) is 3.47.